The van der Waals surface area contributed by atoms with Crippen LogP contribution >= 0.6 is 0 Å². The monoisotopic (exact) mass is 375 g/mol. The van der Waals surface area contributed by atoms with Crippen molar-refractivity contribution in [2.24, 2.45) is 0 Å². The van der Waals surface area contributed by atoms with Gasteiger partial charge in [0.2, 0.25) is 0 Å². The predicted molar refractivity (Wildman–Crippen MR) is 95.9 cm³/mol. The van der Waals surface area contributed by atoms with Crippen LogP contribution < -0.4 is 20.7 Å². The number of urea groups is 1. The molecule has 2 aromatic rings. The molecule has 2 aromatic carbocycles. The summed E-state index contributed by atoms with van der Waals surface area (Å²) >= 11 is 0. The van der Waals surface area contributed by atoms with Crippen LogP contribution in [0.25, 0.3) is 0 Å². The summed E-state index contributed by atoms with van der Waals surface area (Å²) in [5.74, 6) is -2.26. The highest BCUT2D eigenvalue weighted by atomic mass is 19.1. The van der Waals surface area contributed by atoms with Crippen LogP contribution in [0.3, 0.4) is 0 Å². The molecule has 3 rings (SSSR count). The van der Waals surface area contributed by atoms with Crippen molar-refractivity contribution in [1.29, 1.82) is 0 Å². The number of carbonyl (C=O) groups excluding carboxylic acids is 2. The fraction of sp³-hybridized carbons (Fsp3) is 0.263. The lowest BCUT2D eigenvalue weighted by Crippen LogP contribution is -2.39. The van der Waals surface area contributed by atoms with Crippen LogP contribution in [-0.2, 0) is 6.42 Å². The van der Waals surface area contributed by atoms with Gasteiger partial charge < -0.3 is 20.7 Å². The standard InChI is InChI=1S/C19H19F2N3O3/c1-11(10-27-17-15(20)3-2-4-16(17)21)23-19(26)24-13-6-5-12-7-8-22-18(25)14(12)9-13/h2-6,9,11H,7-8,10H2,1H3,(H,22,25)(H2,23,24,26)/t11-/m0/s1. The van der Waals surface area contributed by atoms with Crippen LogP contribution in [0, 0.1) is 11.6 Å². The summed E-state index contributed by atoms with van der Waals surface area (Å²) in [7, 11) is 0. The SMILES string of the molecule is C[C@@H](COc1c(F)cccc1F)NC(=O)Nc1ccc2c(c1)C(=O)NCC2. The van der Waals surface area contributed by atoms with Crippen LogP contribution in [0.15, 0.2) is 36.4 Å². The average Bonchev–Trinajstić information content (AvgIpc) is 2.62. The van der Waals surface area contributed by atoms with Crippen molar-refractivity contribution in [3.63, 3.8) is 0 Å². The first-order valence-corrected chi connectivity index (χ1v) is 8.49. The van der Waals surface area contributed by atoms with Gasteiger partial charge in [0, 0.05) is 17.8 Å². The van der Waals surface area contributed by atoms with E-state index in [1.54, 1.807) is 25.1 Å². The number of ether oxygens (including phenoxy) is 1. The van der Waals surface area contributed by atoms with Crippen molar-refractivity contribution < 1.29 is 23.1 Å². The van der Waals surface area contributed by atoms with Gasteiger partial charge >= 0.3 is 6.03 Å². The predicted octanol–water partition coefficient (Wildman–Crippen LogP) is 2.84. The molecule has 0 radical (unpaired) electrons. The van der Waals surface area contributed by atoms with Gasteiger partial charge in [0.15, 0.2) is 17.4 Å². The number of rotatable bonds is 5. The molecule has 0 spiro atoms. The molecule has 0 fully saturated rings. The molecule has 0 saturated carbocycles. The zero-order valence-electron chi connectivity index (χ0n) is 14.6. The Morgan fingerprint density at radius 2 is 2.00 bits per heavy atom. The Labute approximate surface area is 154 Å². The lowest BCUT2D eigenvalue weighted by atomic mass is 10.00. The molecular formula is C19H19F2N3O3. The summed E-state index contributed by atoms with van der Waals surface area (Å²) in [4.78, 5) is 24.0. The summed E-state index contributed by atoms with van der Waals surface area (Å²) in [6.45, 7) is 2.12. The Balaban J connectivity index is 1.54. The molecule has 0 aromatic heterocycles. The number of nitrogens with one attached hydrogen (secondary N) is 3. The van der Waals surface area contributed by atoms with Crippen molar-refractivity contribution in [3.8, 4) is 5.75 Å². The minimum atomic E-state index is -0.806. The highest BCUT2D eigenvalue weighted by Crippen LogP contribution is 2.21. The second-order valence-electron chi connectivity index (χ2n) is 6.24. The minimum absolute atomic E-state index is 0.113. The van der Waals surface area contributed by atoms with Gasteiger partial charge in [0.25, 0.3) is 5.91 Å². The molecule has 142 valence electrons. The molecule has 6 nitrogen and oxygen atoms in total. The smallest absolute Gasteiger partial charge is 0.319 e. The summed E-state index contributed by atoms with van der Waals surface area (Å²) in [5.41, 5.74) is 1.93. The van der Waals surface area contributed by atoms with Gasteiger partial charge in [0.05, 0.1) is 6.04 Å². The Morgan fingerprint density at radius 3 is 2.74 bits per heavy atom. The first-order chi connectivity index (χ1) is 12.9. The summed E-state index contributed by atoms with van der Waals surface area (Å²) in [5, 5.41) is 7.99. The number of fused-ring (bicyclic) bond motifs is 1. The van der Waals surface area contributed by atoms with Crippen molar-refractivity contribution in [2.45, 2.75) is 19.4 Å². The van der Waals surface area contributed by atoms with Gasteiger partial charge in [-0.05, 0) is 43.2 Å². The van der Waals surface area contributed by atoms with Gasteiger partial charge in [-0.3, -0.25) is 4.79 Å². The van der Waals surface area contributed by atoms with Crippen LogP contribution in [0.2, 0.25) is 0 Å². The normalized spacial score (nSPS) is 14.0. The molecule has 0 unspecified atom stereocenters. The Kier molecular flexibility index (Phi) is 5.54. The molecule has 27 heavy (non-hydrogen) atoms. The van der Waals surface area contributed by atoms with Crippen molar-refractivity contribution in [3.05, 3.63) is 59.2 Å². The summed E-state index contributed by atoms with van der Waals surface area (Å²) in [6.07, 6.45) is 0.745. The fourth-order valence-corrected chi connectivity index (χ4v) is 2.75. The van der Waals surface area contributed by atoms with Gasteiger partial charge in [-0.2, -0.15) is 0 Å². The zero-order valence-corrected chi connectivity index (χ0v) is 14.6. The summed E-state index contributed by atoms with van der Waals surface area (Å²) < 4.78 is 32.2. The van der Waals surface area contributed by atoms with E-state index in [4.69, 9.17) is 4.74 Å². The Morgan fingerprint density at radius 1 is 1.26 bits per heavy atom. The minimum Gasteiger partial charge on any atom is -0.485 e. The Hall–Kier alpha value is -3.16. The molecule has 1 aliphatic heterocycles. The number of anilines is 1. The third kappa shape index (κ3) is 4.52. The molecule has 3 N–H and O–H groups in total. The molecule has 1 heterocycles. The number of benzene rings is 2. The maximum absolute atomic E-state index is 13.5. The molecule has 1 atom stereocenters. The van der Waals surface area contributed by atoms with Crippen molar-refractivity contribution in [1.82, 2.24) is 10.6 Å². The molecule has 8 heteroatoms. The maximum Gasteiger partial charge on any atom is 0.319 e. The number of para-hydroxylation sites is 1. The number of hydrogen-bond acceptors (Lipinski definition) is 3. The van der Waals surface area contributed by atoms with E-state index in [0.29, 0.717) is 17.8 Å². The van der Waals surface area contributed by atoms with E-state index in [1.807, 2.05) is 0 Å². The van der Waals surface area contributed by atoms with Crippen LogP contribution in [0.1, 0.15) is 22.8 Å². The second-order valence-corrected chi connectivity index (χ2v) is 6.24. The lowest BCUT2D eigenvalue weighted by molar-refractivity contribution is 0.0946. The average molecular weight is 375 g/mol. The topological polar surface area (TPSA) is 79.5 Å². The number of carbonyl (C=O) groups is 2. The van der Waals surface area contributed by atoms with E-state index in [2.05, 4.69) is 16.0 Å². The van der Waals surface area contributed by atoms with Crippen molar-refractivity contribution in [2.75, 3.05) is 18.5 Å². The molecule has 0 bridgehead atoms. The van der Waals surface area contributed by atoms with E-state index in [9.17, 15) is 18.4 Å². The van der Waals surface area contributed by atoms with Crippen molar-refractivity contribution >= 4 is 17.6 Å². The highest BCUT2D eigenvalue weighted by Gasteiger charge is 2.18. The lowest BCUT2D eigenvalue weighted by Gasteiger charge is -2.18. The number of hydrogen-bond donors (Lipinski definition) is 3. The zero-order chi connectivity index (χ0) is 19.4. The third-order valence-electron chi connectivity index (χ3n) is 4.07. The summed E-state index contributed by atoms with van der Waals surface area (Å²) in [6, 6.07) is 7.53. The molecule has 1 aliphatic rings. The van der Waals surface area contributed by atoms with E-state index in [0.717, 1.165) is 24.1 Å². The van der Waals surface area contributed by atoms with E-state index >= 15 is 0 Å². The third-order valence-corrected chi connectivity index (χ3v) is 4.07. The first-order valence-electron chi connectivity index (χ1n) is 8.49. The second kappa shape index (κ2) is 8.03. The van der Waals surface area contributed by atoms with E-state index in [1.165, 1.54) is 6.07 Å². The largest absolute Gasteiger partial charge is 0.485 e. The Bertz CT molecular complexity index is 853. The molecule has 3 amide bonds. The maximum atomic E-state index is 13.5. The van der Waals surface area contributed by atoms with E-state index in [-0.39, 0.29) is 12.5 Å². The number of amides is 3. The molecular weight excluding hydrogens is 356 g/mol. The van der Waals surface area contributed by atoms with Gasteiger partial charge in [-0.1, -0.05) is 12.1 Å². The van der Waals surface area contributed by atoms with Gasteiger partial charge in [0.1, 0.15) is 6.61 Å². The van der Waals surface area contributed by atoms with Crippen LogP contribution in [-0.4, -0.2) is 31.1 Å². The first kappa shape index (κ1) is 18.6. The molecule has 0 aliphatic carbocycles. The van der Waals surface area contributed by atoms with E-state index < -0.39 is 29.5 Å². The van der Waals surface area contributed by atoms with Gasteiger partial charge in [-0.15, -0.1) is 0 Å². The fourth-order valence-electron chi connectivity index (χ4n) is 2.75. The number of halogens is 2. The van der Waals surface area contributed by atoms with Crippen LogP contribution in [0.4, 0.5) is 19.3 Å². The van der Waals surface area contributed by atoms with Gasteiger partial charge in [-0.25, -0.2) is 13.6 Å². The quantitative estimate of drug-likeness (QED) is 0.752. The van der Waals surface area contributed by atoms with Crippen LogP contribution in [0.5, 0.6) is 5.75 Å². The molecule has 0 saturated heterocycles. The highest BCUT2D eigenvalue weighted by molar-refractivity contribution is 5.99.